The lowest BCUT2D eigenvalue weighted by Crippen LogP contribution is -2.53. The minimum absolute atomic E-state index is 0.0164. The number of ether oxygens (including phenoxy) is 4. The van der Waals surface area contributed by atoms with Crippen LogP contribution in [0, 0.1) is 12.8 Å². The molecule has 0 radical (unpaired) electrons. The summed E-state index contributed by atoms with van der Waals surface area (Å²) in [4.78, 5) is 67.1. The zero-order valence-corrected chi connectivity index (χ0v) is 36.3. The van der Waals surface area contributed by atoms with Crippen LogP contribution in [-0.2, 0) is 48.2 Å². The van der Waals surface area contributed by atoms with E-state index in [2.05, 4.69) is 16.0 Å². The van der Waals surface area contributed by atoms with Gasteiger partial charge in [-0.2, -0.15) is 0 Å². The fraction of sp³-hybridized carbons (Fsp3) is 0.511. The molecule has 1 aliphatic rings. The van der Waals surface area contributed by atoms with Gasteiger partial charge < -0.3 is 39.8 Å². The Bertz CT molecular complexity index is 1850. The molecule has 1 heterocycles. The maximum absolute atomic E-state index is 14.0. The van der Waals surface area contributed by atoms with Gasteiger partial charge in [0.2, 0.25) is 11.8 Å². The van der Waals surface area contributed by atoms with Gasteiger partial charge in [0.25, 0.3) is 0 Å². The van der Waals surface area contributed by atoms with E-state index in [0.717, 1.165) is 28.7 Å². The van der Waals surface area contributed by atoms with Crippen molar-refractivity contribution in [3.05, 3.63) is 101 Å². The SMILES string of the molecule is Cc1ccc(OCCC2CN(C(=O)OC(C)(C)C)C2)cc1CNC(=O)[C@H](CCc1ccccc1)NC(=O)[C@H](CCCCC(=O)OC(C)(C)C)NC(=O)OCc1ccccc1. The Hall–Kier alpha value is -5.59. The first-order valence-corrected chi connectivity index (χ1v) is 21.0. The number of nitrogens with one attached hydrogen (secondary N) is 3. The number of unbranched alkanes of at least 4 members (excludes halogenated alkanes) is 1. The zero-order valence-electron chi connectivity index (χ0n) is 36.3. The first-order chi connectivity index (χ1) is 28.4. The molecule has 326 valence electrons. The Morgan fingerprint density at radius 2 is 1.38 bits per heavy atom. The molecule has 4 rings (SSSR count). The molecule has 0 spiro atoms. The number of likely N-dealkylation sites (tertiary alicyclic amines) is 1. The molecule has 1 saturated heterocycles. The van der Waals surface area contributed by atoms with Gasteiger partial charge in [-0.25, -0.2) is 9.59 Å². The molecule has 1 fully saturated rings. The predicted octanol–water partition coefficient (Wildman–Crippen LogP) is 7.56. The van der Waals surface area contributed by atoms with Crippen LogP contribution in [0.5, 0.6) is 5.75 Å². The summed E-state index contributed by atoms with van der Waals surface area (Å²) >= 11 is 0. The monoisotopic (exact) mass is 828 g/mol. The quantitative estimate of drug-likeness (QED) is 0.0593. The summed E-state index contributed by atoms with van der Waals surface area (Å²) in [6.07, 6.45) is 1.77. The van der Waals surface area contributed by atoms with Crippen LogP contribution in [0.15, 0.2) is 78.9 Å². The molecule has 0 unspecified atom stereocenters. The van der Waals surface area contributed by atoms with Crippen molar-refractivity contribution in [3.8, 4) is 5.75 Å². The van der Waals surface area contributed by atoms with E-state index in [4.69, 9.17) is 18.9 Å². The highest BCUT2D eigenvalue weighted by atomic mass is 16.6. The van der Waals surface area contributed by atoms with E-state index in [9.17, 15) is 24.0 Å². The van der Waals surface area contributed by atoms with E-state index in [0.29, 0.717) is 57.0 Å². The van der Waals surface area contributed by atoms with Gasteiger partial charge in [0.1, 0.15) is 35.6 Å². The van der Waals surface area contributed by atoms with Gasteiger partial charge >= 0.3 is 18.2 Å². The van der Waals surface area contributed by atoms with Gasteiger partial charge in [0, 0.05) is 26.1 Å². The fourth-order valence-electron chi connectivity index (χ4n) is 6.49. The third-order valence-electron chi connectivity index (χ3n) is 9.74. The average Bonchev–Trinajstić information content (AvgIpc) is 3.16. The predicted molar refractivity (Wildman–Crippen MR) is 229 cm³/mol. The molecule has 0 bridgehead atoms. The van der Waals surface area contributed by atoms with Gasteiger partial charge in [-0.3, -0.25) is 14.4 Å². The van der Waals surface area contributed by atoms with Crippen LogP contribution in [-0.4, -0.2) is 77.9 Å². The van der Waals surface area contributed by atoms with E-state index < -0.39 is 35.3 Å². The first kappa shape index (κ1) is 47.1. The van der Waals surface area contributed by atoms with E-state index in [-0.39, 0.29) is 44.0 Å². The van der Waals surface area contributed by atoms with Crippen molar-refractivity contribution in [3.63, 3.8) is 0 Å². The lowest BCUT2D eigenvalue weighted by atomic mass is 9.97. The number of hydrogen-bond donors (Lipinski definition) is 3. The third kappa shape index (κ3) is 17.3. The summed E-state index contributed by atoms with van der Waals surface area (Å²) in [6.45, 7) is 14.9. The number of hydrogen-bond acceptors (Lipinski definition) is 9. The number of carbonyl (C=O) groups excluding carboxylic acids is 5. The maximum Gasteiger partial charge on any atom is 0.410 e. The fourth-order valence-corrected chi connectivity index (χ4v) is 6.49. The van der Waals surface area contributed by atoms with Crippen LogP contribution < -0.4 is 20.7 Å². The Balaban J connectivity index is 1.37. The molecular formula is C47H64N4O9. The Morgan fingerprint density at radius 3 is 2.03 bits per heavy atom. The standard InChI is InChI=1S/C47H64N4O9/c1-33-22-24-38(57-27-26-36-30-51(31-36)45(56)60-47(5,6)7)28-37(33)29-48-42(53)40(25-23-34-16-10-8-11-17-34)49-43(54)39(20-14-15-21-41(52)59-46(2,3)4)50-44(55)58-32-35-18-12-9-13-19-35/h8-13,16-19,22,24,28,36,39-40H,14-15,20-21,23,25-27,29-32H2,1-7H3,(H,48,53)(H,49,54)(H,50,55)/t39-,40-/m0/s1. The highest BCUT2D eigenvalue weighted by Gasteiger charge is 2.33. The van der Waals surface area contributed by atoms with Crippen molar-refractivity contribution in [2.75, 3.05) is 19.7 Å². The minimum atomic E-state index is -1.03. The Labute approximate surface area is 355 Å². The second-order valence-corrected chi connectivity index (χ2v) is 17.4. The zero-order chi connectivity index (χ0) is 43.7. The van der Waals surface area contributed by atoms with Crippen molar-refractivity contribution in [1.82, 2.24) is 20.9 Å². The van der Waals surface area contributed by atoms with Gasteiger partial charge in [-0.1, -0.05) is 73.2 Å². The molecule has 3 aromatic carbocycles. The van der Waals surface area contributed by atoms with E-state index in [1.807, 2.05) is 107 Å². The van der Waals surface area contributed by atoms with Gasteiger partial charge in [0.15, 0.2) is 0 Å². The summed E-state index contributed by atoms with van der Waals surface area (Å²) in [5.41, 5.74) is 2.48. The van der Waals surface area contributed by atoms with E-state index in [1.165, 1.54) is 0 Å². The molecule has 0 saturated carbocycles. The van der Waals surface area contributed by atoms with Crippen LogP contribution >= 0.6 is 0 Å². The molecule has 3 N–H and O–H groups in total. The lowest BCUT2D eigenvalue weighted by Gasteiger charge is -2.39. The largest absolute Gasteiger partial charge is 0.494 e. The van der Waals surface area contributed by atoms with Crippen LogP contribution in [0.25, 0.3) is 0 Å². The molecule has 1 aliphatic heterocycles. The number of aryl methyl sites for hydroxylation is 2. The van der Waals surface area contributed by atoms with E-state index >= 15 is 0 Å². The molecule has 0 aliphatic carbocycles. The van der Waals surface area contributed by atoms with Crippen LogP contribution in [0.1, 0.15) is 102 Å². The number of alkyl carbamates (subject to hydrolysis) is 1. The number of esters is 1. The Kier molecular flexibility index (Phi) is 17.8. The van der Waals surface area contributed by atoms with Gasteiger partial charge in [-0.05, 0) is 121 Å². The lowest BCUT2D eigenvalue weighted by molar-refractivity contribution is -0.155. The molecular weight excluding hydrogens is 765 g/mol. The van der Waals surface area contributed by atoms with Crippen LogP contribution in [0.4, 0.5) is 9.59 Å². The van der Waals surface area contributed by atoms with Crippen molar-refractivity contribution in [1.29, 1.82) is 0 Å². The Morgan fingerprint density at radius 1 is 0.750 bits per heavy atom. The van der Waals surface area contributed by atoms with Gasteiger partial charge in [0.05, 0.1) is 6.61 Å². The highest BCUT2D eigenvalue weighted by Crippen LogP contribution is 2.24. The summed E-state index contributed by atoms with van der Waals surface area (Å²) < 4.78 is 22.4. The molecule has 13 nitrogen and oxygen atoms in total. The summed E-state index contributed by atoms with van der Waals surface area (Å²) in [5, 5.41) is 8.61. The van der Waals surface area contributed by atoms with Crippen LogP contribution in [0.3, 0.4) is 0 Å². The summed E-state index contributed by atoms with van der Waals surface area (Å²) in [6, 6.07) is 22.7. The highest BCUT2D eigenvalue weighted by molar-refractivity contribution is 5.91. The van der Waals surface area contributed by atoms with Gasteiger partial charge in [-0.15, -0.1) is 0 Å². The van der Waals surface area contributed by atoms with Crippen molar-refractivity contribution < 1.29 is 42.9 Å². The van der Waals surface area contributed by atoms with E-state index in [1.54, 1.807) is 25.7 Å². The minimum Gasteiger partial charge on any atom is -0.494 e. The average molecular weight is 829 g/mol. The van der Waals surface area contributed by atoms with Crippen molar-refractivity contribution >= 4 is 30.0 Å². The van der Waals surface area contributed by atoms with Crippen molar-refractivity contribution in [2.45, 2.75) is 130 Å². The maximum atomic E-state index is 14.0. The number of benzene rings is 3. The summed E-state index contributed by atoms with van der Waals surface area (Å²) in [7, 11) is 0. The molecule has 0 aromatic heterocycles. The first-order valence-electron chi connectivity index (χ1n) is 21.0. The smallest absolute Gasteiger partial charge is 0.410 e. The second-order valence-electron chi connectivity index (χ2n) is 17.4. The normalized spacial score (nSPS) is 13.9. The van der Waals surface area contributed by atoms with Crippen molar-refractivity contribution in [2.24, 2.45) is 5.92 Å². The molecule has 60 heavy (non-hydrogen) atoms. The second kappa shape index (κ2) is 22.7. The van der Waals surface area contributed by atoms with Crippen LogP contribution in [0.2, 0.25) is 0 Å². The molecule has 2 atom stereocenters. The number of rotatable bonds is 20. The number of nitrogens with zero attached hydrogens (tertiary/aromatic N) is 1. The molecule has 13 heteroatoms. The number of carbonyl (C=O) groups is 5. The topological polar surface area (TPSA) is 162 Å². The summed E-state index contributed by atoms with van der Waals surface area (Å²) in [5.74, 6) is -0.256. The molecule has 4 amide bonds. The molecule has 3 aromatic rings. The third-order valence-corrected chi connectivity index (χ3v) is 9.74. The number of amides is 4.